The summed E-state index contributed by atoms with van der Waals surface area (Å²) in [5.74, 6) is 0.952. The Morgan fingerprint density at radius 3 is 2.66 bits per heavy atom. The summed E-state index contributed by atoms with van der Waals surface area (Å²) >= 11 is 1.54. The number of para-hydroxylation sites is 1. The lowest BCUT2D eigenvalue weighted by atomic mass is 10.1. The molecule has 4 aromatic rings. The zero-order chi connectivity index (χ0) is 24.4. The van der Waals surface area contributed by atoms with Crippen molar-refractivity contribution in [2.24, 2.45) is 0 Å². The lowest BCUT2D eigenvalue weighted by molar-refractivity contribution is -0.114. The number of rotatable bonds is 5. The highest BCUT2D eigenvalue weighted by molar-refractivity contribution is 7.20. The van der Waals surface area contributed by atoms with Crippen LogP contribution in [0.5, 0.6) is 10.9 Å². The highest BCUT2D eigenvalue weighted by atomic mass is 32.1. The van der Waals surface area contributed by atoms with E-state index in [9.17, 15) is 9.59 Å². The maximum absolute atomic E-state index is 12.8. The highest BCUT2D eigenvalue weighted by Crippen LogP contribution is 2.33. The number of thiazole rings is 1. The molecule has 0 bridgehead atoms. The van der Waals surface area contributed by atoms with Crippen molar-refractivity contribution in [3.05, 3.63) is 65.9 Å². The van der Waals surface area contributed by atoms with Gasteiger partial charge in [-0.05, 0) is 30.7 Å². The number of carbonyl (C=O) groups is 2. The molecule has 180 valence electrons. The largest absolute Gasteiger partial charge is 0.431 e. The first-order valence-electron chi connectivity index (χ1n) is 11.4. The monoisotopic (exact) mass is 490 g/mol. The van der Waals surface area contributed by atoms with Crippen LogP contribution >= 0.6 is 11.3 Å². The third kappa shape index (κ3) is 5.33. The van der Waals surface area contributed by atoms with Gasteiger partial charge < -0.3 is 15.0 Å². The molecule has 35 heavy (non-hydrogen) atoms. The van der Waals surface area contributed by atoms with E-state index in [2.05, 4.69) is 32.4 Å². The second kappa shape index (κ2) is 9.85. The number of nitrogens with one attached hydrogen (secondary N) is 1. The molecule has 10 heteroatoms. The smallest absolute Gasteiger partial charge is 0.344 e. The summed E-state index contributed by atoms with van der Waals surface area (Å²) in [5.41, 5.74) is 3.14. The van der Waals surface area contributed by atoms with E-state index < -0.39 is 0 Å². The second-order valence-electron chi connectivity index (χ2n) is 8.53. The van der Waals surface area contributed by atoms with Gasteiger partial charge >= 0.3 is 6.03 Å². The number of benzene rings is 2. The van der Waals surface area contributed by atoms with Gasteiger partial charge in [-0.25, -0.2) is 9.78 Å². The standard InChI is InChI=1S/C25H26N6O3S/c1-17-7-8-19(21(15-17)34-24-27-20-5-3-4-6-22(20)35-24)16-29-11-13-30(14-12-29)25(33)31-10-9-23(28-31)26-18(2)32/h3-10,15H,11-14,16H2,1-2H3,(H,26,28,32). The van der Waals surface area contributed by atoms with Gasteiger partial charge in [0.2, 0.25) is 5.91 Å². The van der Waals surface area contributed by atoms with Crippen LogP contribution in [0.1, 0.15) is 18.1 Å². The predicted octanol–water partition coefficient (Wildman–Crippen LogP) is 4.34. The van der Waals surface area contributed by atoms with E-state index in [1.54, 1.807) is 17.2 Å². The fourth-order valence-electron chi connectivity index (χ4n) is 4.04. The summed E-state index contributed by atoms with van der Waals surface area (Å²) in [4.78, 5) is 32.7. The lowest BCUT2D eigenvalue weighted by Crippen LogP contribution is -2.49. The minimum atomic E-state index is -0.223. The molecule has 1 fully saturated rings. The third-order valence-electron chi connectivity index (χ3n) is 5.82. The Bertz CT molecular complexity index is 1340. The highest BCUT2D eigenvalue weighted by Gasteiger charge is 2.24. The van der Waals surface area contributed by atoms with Crippen LogP contribution in [0.4, 0.5) is 10.6 Å². The summed E-state index contributed by atoms with van der Waals surface area (Å²) < 4.78 is 8.60. The van der Waals surface area contributed by atoms with Crippen molar-refractivity contribution in [2.75, 3.05) is 31.5 Å². The molecule has 0 unspecified atom stereocenters. The molecular weight excluding hydrogens is 464 g/mol. The number of piperazine rings is 1. The molecular formula is C25H26N6O3S. The number of aryl methyl sites for hydroxylation is 1. The molecule has 5 rings (SSSR count). The van der Waals surface area contributed by atoms with Crippen molar-refractivity contribution in [1.82, 2.24) is 24.6 Å². The molecule has 9 nitrogen and oxygen atoms in total. The number of hydrogen-bond donors (Lipinski definition) is 1. The summed E-state index contributed by atoms with van der Waals surface area (Å²) in [6.07, 6.45) is 1.57. The zero-order valence-electron chi connectivity index (χ0n) is 19.6. The van der Waals surface area contributed by atoms with Crippen LogP contribution in [0.3, 0.4) is 0 Å². The van der Waals surface area contributed by atoms with Gasteiger partial charge in [-0.2, -0.15) is 4.68 Å². The Balaban J connectivity index is 1.22. The van der Waals surface area contributed by atoms with Gasteiger partial charge in [0, 0.05) is 57.5 Å². The number of fused-ring (bicyclic) bond motifs is 1. The van der Waals surface area contributed by atoms with E-state index >= 15 is 0 Å². The molecule has 0 spiro atoms. The first kappa shape index (κ1) is 23.0. The number of anilines is 1. The van der Waals surface area contributed by atoms with Crippen LogP contribution < -0.4 is 10.1 Å². The number of amides is 2. The number of ether oxygens (including phenoxy) is 1. The van der Waals surface area contributed by atoms with Crippen LogP contribution in [0.15, 0.2) is 54.7 Å². The Kier molecular flexibility index (Phi) is 6.47. The Morgan fingerprint density at radius 1 is 1.09 bits per heavy atom. The SMILES string of the molecule is CC(=O)Nc1ccn(C(=O)N2CCN(Cc3ccc(C)cc3Oc3nc4ccccc4s3)CC2)n1. The summed E-state index contributed by atoms with van der Waals surface area (Å²) in [6, 6.07) is 15.7. The van der Waals surface area contributed by atoms with Gasteiger partial charge in [0.05, 0.1) is 10.2 Å². The van der Waals surface area contributed by atoms with Gasteiger partial charge in [0.1, 0.15) is 5.75 Å². The fourth-order valence-corrected chi connectivity index (χ4v) is 4.87. The maximum atomic E-state index is 12.8. The molecule has 0 atom stereocenters. The maximum Gasteiger partial charge on any atom is 0.344 e. The third-order valence-corrected chi connectivity index (χ3v) is 6.73. The van der Waals surface area contributed by atoms with Crippen molar-refractivity contribution in [2.45, 2.75) is 20.4 Å². The molecule has 1 saturated heterocycles. The lowest BCUT2D eigenvalue weighted by Gasteiger charge is -2.34. The van der Waals surface area contributed by atoms with E-state index in [0.29, 0.717) is 24.1 Å². The molecule has 0 radical (unpaired) electrons. The van der Waals surface area contributed by atoms with Gasteiger partial charge in [0.25, 0.3) is 5.19 Å². The van der Waals surface area contributed by atoms with Crippen molar-refractivity contribution in [1.29, 1.82) is 0 Å². The Labute approximate surface area is 206 Å². The predicted molar refractivity (Wildman–Crippen MR) is 135 cm³/mol. The van der Waals surface area contributed by atoms with Crippen LogP contribution in [0, 0.1) is 6.92 Å². The topological polar surface area (TPSA) is 92.6 Å². The van der Waals surface area contributed by atoms with Gasteiger partial charge in [-0.3, -0.25) is 9.69 Å². The summed E-state index contributed by atoms with van der Waals surface area (Å²) in [7, 11) is 0. The average Bonchev–Trinajstić information content (AvgIpc) is 3.47. The Hall–Kier alpha value is -3.76. The molecule has 0 saturated carbocycles. The van der Waals surface area contributed by atoms with Gasteiger partial charge in [-0.15, -0.1) is 5.10 Å². The number of hydrogen-bond acceptors (Lipinski definition) is 7. The van der Waals surface area contributed by atoms with Crippen molar-refractivity contribution in [3.8, 4) is 10.9 Å². The van der Waals surface area contributed by atoms with E-state index in [1.165, 1.54) is 22.9 Å². The van der Waals surface area contributed by atoms with Crippen LogP contribution in [-0.4, -0.2) is 62.7 Å². The molecule has 1 aliphatic rings. The van der Waals surface area contributed by atoms with E-state index in [-0.39, 0.29) is 11.9 Å². The van der Waals surface area contributed by atoms with Crippen LogP contribution in [0.2, 0.25) is 0 Å². The molecule has 3 heterocycles. The van der Waals surface area contributed by atoms with Crippen molar-refractivity contribution < 1.29 is 14.3 Å². The van der Waals surface area contributed by atoms with E-state index in [0.717, 1.165) is 46.7 Å². The quantitative estimate of drug-likeness (QED) is 0.448. The van der Waals surface area contributed by atoms with Crippen molar-refractivity contribution in [3.63, 3.8) is 0 Å². The molecule has 2 aromatic carbocycles. The normalized spacial score (nSPS) is 14.3. The van der Waals surface area contributed by atoms with E-state index in [4.69, 9.17) is 4.74 Å². The first-order valence-corrected chi connectivity index (χ1v) is 12.2. The fraction of sp³-hybridized carbons (Fsp3) is 0.280. The van der Waals surface area contributed by atoms with E-state index in [1.807, 2.05) is 37.3 Å². The molecule has 1 aliphatic heterocycles. The minimum Gasteiger partial charge on any atom is -0.431 e. The van der Waals surface area contributed by atoms with Crippen LogP contribution in [-0.2, 0) is 11.3 Å². The van der Waals surface area contributed by atoms with Gasteiger partial charge in [0.15, 0.2) is 5.82 Å². The van der Waals surface area contributed by atoms with Gasteiger partial charge in [-0.1, -0.05) is 35.6 Å². The number of aromatic nitrogens is 3. The average molecular weight is 491 g/mol. The van der Waals surface area contributed by atoms with Crippen molar-refractivity contribution >= 4 is 39.3 Å². The molecule has 2 aromatic heterocycles. The molecule has 2 amide bonds. The summed E-state index contributed by atoms with van der Waals surface area (Å²) in [6.45, 7) is 6.83. The number of nitrogens with zero attached hydrogens (tertiary/aromatic N) is 5. The Morgan fingerprint density at radius 2 is 1.89 bits per heavy atom. The summed E-state index contributed by atoms with van der Waals surface area (Å²) in [5, 5.41) is 7.36. The number of carbonyl (C=O) groups excluding carboxylic acids is 2. The van der Waals surface area contributed by atoms with Crippen LogP contribution in [0.25, 0.3) is 10.2 Å². The molecule has 0 aliphatic carbocycles. The molecule has 1 N–H and O–H groups in total. The zero-order valence-corrected chi connectivity index (χ0v) is 20.4. The first-order chi connectivity index (χ1) is 16.9. The minimum absolute atomic E-state index is 0.198. The second-order valence-corrected chi connectivity index (χ2v) is 9.53.